The van der Waals surface area contributed by atoms with Gasteiger partial charge >= 0.3 is 5.97 Å². The predicted octanol–water partition coefficient (Wildman–Crippen LogP) is 3.36. The number of alkyl halides is 2. The second-order valence-electron chi connectivity index (χ2n) is 6.20. The van der Waals surface area contributed by atoms with E-state index in [2.05, 4.69) is 0 Å². The van der Waals surface area contributed by atoms with Crippen molar-refractivity contribution >= 4 is 5.97 Å². The van der Waals surface area contributed by atoms with Crippen molar-refractivity contribution in [1.29, 1.82) is 0 Å². The summed E-state index contributed by atoms with van der Waals surface area (Å²) in [7, 11) is 1.35. The Morgan fingerprint density at radius 1 is 1.37 bits per heavy atom. The number of nitrogens with one attached hydrogen (secondary N) is 1. The maximum Gasteiger partial charge on any atom is 0.302 e. The van der Waals surface area contributed by atoms with Gasteiger partial charge in [-0.15, -0.1) is 0 Å². The molecule has 1 aromatic carbocycles. The summed E-state index contributed by atoms with van der Waals surface area (Å²) in [5, 5.41) is 0. The largest absolute Gasteiger partial charge is 0.655 e. The first-order valence-electron chi connectivity index (χ1n) is 8.16. The fourth-order valence-electron chi connectivity index (χ4n) is 3.15. The van der Waals surface area contributed by atoms with E-state index in [4.69, 9.17) is 24.7 Å². The number of esters is 1. The molecule has 27 heavy (non-hydrogen) atoms. The molecule has 9 heteroatoms. The molecule has 1 heterocycles. The Labute approximate surface area is 181 Å². The first-order valence-corrected chi connectivity index (χ1v) is 8.16. The van der Waals surface area contributed by atoms with E-state index < -0.39 is 35.9 Å². The molecule has 1 aliphatic carbocycles. The smallest absolute Gasteiger partial charge is 0.302 e. The molecule has 2 fully saturated rings. The normalized spacial score (nSPS) is 27.3. The first kappa shape index (κ1) is 24.5. The predicted molar refractivity (Wildman–Crippen MR) is 89.0 cm³/mol. The van der Waals surface area contributed by atoms with Crippen molar-refractivity contribution in [3.05, 3.63) is 48.2 Å². The third kappa shape index (κ3) is 6.21. The molecule has 0 unspecified atom stereocenters. The number of fused-ring (bicyclic) bond motifs is 2. The van der Waals surface area contributed by atoms with Crippen LogP contribution in [0.15, 0.2) is 30.3 Å². The molecule has 0 aromatic heterocycles. The van der Waals surface area contributed by atoms with Crippen LogP contribution in [-0.4, -0.2) is 44.0 Å². The summed E-state index contributed by atoms with van der Waals surface area (Å²) in [5.74, 6) is -4.45. The number of halogens is 2. The van der Waals surface area contributed by atoms with Crippen LogP contribution in [0.3, 0.4) is 0 Å². The Morgan fingerprint density at radius 2 is 2.04 bits per heavy atom. The average molecular weight is 609 g/mol. The third-order valence-corrected chi connectivity index (χ3v) is 4.30. The van der Waals surface area contributed by atoms with Gasteiger partial charge in [-0.3, -0.25) is 4.79 Å². The number of hydrogen-bond acceptors (Lipinski definition) is 5. The van der Waals surface area contributed by atoms with Gasteiger partial charge in [0.05, 0.1) is 12.7 Å². The molecular formula is C18H23F2NO5U-2. The molecule has 2 aliphatic rings. The summed E-state index contributed by atoms with van der Waals surface area (Å²) in [6, 6.07) is 9.85. The molecule has 1 aromatic rings. The quantitative estimate of drug-likeness (QED) is 0.366. The number of rotatable bonds is 6. The zero-order valence-electron chi connectivity index (χ0n) is 15.2. The van der Waals surface area contributed by atoms with Crippen molar-refractivity contribution in [1.82, 2.24) is 0 Å². The third-order valence-electron chi connectivity index (χ3n) is 4.30. The van der Waals surface area contributed by atoms with Gasteiger partial charge in [-0.2, -0.15) is 6.61 Å². The number of carbonyl (C=O) groups is 1. The Balaban J connectivity index is 0.000000288. The molecule has 0 radical (unpaired) electrons. The number of hydrogen-bond donors (Lipinski definition) is 0. The van der Waals surface area contributed by atoms with E-state index in [1.54, 1.807) is 0 Å². The Hall–Kier alpha value is -0.558. The topological polar surface area (TPSA) is 77.8 Å². The van der Waals surface area contributed by atoms with Gasteiger partial charge in [-0.1, -0.05) is 36.2 Å². The first-order chi connectivity index (χ1) is 12.3. The summed E-state index contributed by atoms with van der Waals surface area (Å²) in [6.07, 6.45) is -1.24. The Morgan fingerprint density at radius 3 is 2.56 bits per heavy atom. The standard InChI is InChI=1S/C10H13F2O4.C8H10NO.U/c1-6(13)15-5-9-4-10(11,12)7(3-16-9)8(9)14-2;9-7-10-6-8-4-2-1-3-5-8;/h3,7-8H,4-5H2,1-2H3;1-5,9H,6-7H2;/q2*-1;/t7-,8-,9+;;/m0../s1. The van der Waals surface area contributed by atoms with Crippen LogP contribution in [0.2, 0.25) is 0 Å². The van der Waals surface area contributed by atoms with E-state index in [-0.39, 0.29) is 44.5 Å². The molecular weight excluding hydrogens is 586 g/mol. The number of ether oxygens (including phenoxy) is 4. The van der Waals surface area contributed by atoms with Gasteiger partial charge in [-0.25, -0.2) is 8.78 Å². The molecule has 1 aliphatic heterocycles. The molecule has 6 nitrogen and oxygen atoms in total. The van der Waals surface area contributed by atoms with Crippen molar-refractivity contribution in [2.24, 2.45) is 5.92 Å². The molecule has 3 rings (SSSR count). The van der Waals surface area contributed by atoms with E-state index in [9.17, 15) is 13.6 Å². The van der Waals surface area contributed by atoms with Gasteiger partial charge in [0, 0.05) is 51.6 Å². The van der Waals surface area contributed by atoms with Crippen LogP contribution in [0.5, 0.6) is 0 Å². The number of methoxy groups -OCH3 is 1. The number of benzene rings is 1. The van der Waals surface area contributed by atoms with Gasteiger partial charge in [0.1, 0.15) is 12.2 Å². The fraction of sp³-hybridized carbons (Fsp3) is 0.556. The summed E-state index contributed by atoms with van der Waals surface area (Å²) in [6.45, 7) is 2.70. The van der Waals surface area contributed by atoms with E-state index >= 15 is 0 Å². The molecule has 0 amide bonds. The summed E-state index contributed by atoms with van der Waals surface area (Å²) in [5.41, 5.74) is 6.62. The van der Waals surface area contributed by atoms with Crippen LogP contribution in [0.4, 0.5) is 8.78 Å². The zero-order chi connectivity index (χ0) is 19.2. The summed E-state index contributed by atoms with van der Waals surface area (Å²) in [4.78, 5) is 10.7. The van der Waals surface area contributed by atoms with Crippen molar-refractivity contribution in [3.8, 4) is 0 Å². The molecule has 1 saturated heterocycles. The SMILES string of the molecule is CO[C@H]1[C@@H]2[CH-]O[C@@]1(COC(C)=O)CC2(F)F.[NH-]COCc1ccccc1.[U]. The van der Waals surface area contributed by atoms with Gasteiger partial charge in [0.2, 0.25) is 5.92 Å². The van der Waals surface area contributed by atoms with Gasteiger partial charge in [0.25, 0.3) is 0 Å². The van der Waals surface area contributed by atoms with E-state index in [1.807, 2.05) is 30.3 Å². The Bertz CT molecular complexity index is 592. The minimum Gasteiger partial charge on any atom is -0.655 e. The van der Waals surface area contributed by atoms with Gasteiger partial charge in [0.15, 0.2) is 0 Å². The van der Waals surface area contributed by atoms with Crippen molar-refractivity contribution in [2.75, 3.05) is 20.4 Å². The second kappa shape index (κ2) is 10.8. The van der Waals surface area contributed by atoms with Crippen molar-refractivity contribution in [3.63, 3.8) is 0 Å². The monoisotopic (exact) mass is 609 g/mol. The molecule has 2 bridgehead atoms. The molecule has 3 atom stereocenters. The van der Waals surface area contributed by atoms with Crippen LogP contribution in [0, 0.1) is 43.6 Å². The second-order valence-corrected chi connectivity index (χ2v) is 6.20. The van der Waals surface area contributed by atoms with Crippen molar-refractivity contribution < 1.29 is 63.6 Å². The molecule has 1 N–H and O–H groups in total. The van der Waals surface area contributed by atoms with Crippen LogP contribution < -0.4 is 0 Å². The Kier molecular flexibility index (Phi) is 9.83. The maximum absolute atomic E-state index is 13.5. The molecule has 0 spiro atoms. The molecule has 1 saturated carbocycles. The van der Waals surface area contributed by atoms with E-state index in [0.717, 1.165) is 12.2 Å². The summed E-state index contributed by atoms with van der Waals surface area (Å²) < 4.78 is 47.0. The van der Waals surface area contributed by atoms with Crippen LogP contribution in [-0.2, 0) is 30.3 Å². The zero-order valence-corrected chi connectivity index (χ0v) is 19.4. The van der Waals surface area contributed by atoms with Crippen LogP contribution >= 0.6 is 0 Å². The van der Waals surface area contributed by atoms with E-state index in [0.29, 0.717) is 6.61 Å². The minimum absolute atomic E-state index is 0. The van der Waals surface area contributed by atoms with Gasteiger partial charge < -0.3 is 24.7 Å². The number of carbonyl (C=O) groups excluding carboxylic acids is 1. The van der Waals surface area contributed by atoms with Gasteiger partial charge in [-0.05, 0) is 12.3 Å². The van der Waals surface area contributed by atoms with Crippen molar-refractivity contribution in [2.45, 2.75) is 37.6 Å². The maximum atomic E-state index is 13.5. The molecule has 150 valence electrons. The van der Waals surface area contributed by atoms with Crippen LogP contribution in [0.25, 0.3) is 5.73 Å². The van der Waals surface area contributed by atoms with E-state index in [1.165, 1.54) is 14.0 Å². The minimum atomic E-state index is -2.86. The summed E-state index contributed by atoms with van der Waals surface area (Å²) >= 11 is 0. The fourth-order valence-corrected chi connectivity index (χ4v) is 3.15. The average Bonchev–Trinajstić information content (AvgIpc) is 3.08. The van der Waals surface area contributed by atoms with Crippen LogP contribution in [0.1, 0.15) is 18.9 Å².